The molecule has 1 aliphatic carbocycles. The molecule has 0 N–H and O–H groups in total. The maximum atomic E-state index is 13.6. The third kappa shape index (κ3) is 5.00. The monoisotopic (exact) mass is 485 g/mol. The molecule has 0 radical (unpaired) electrons. The maximum Gasteiger partial charge on any atom is 0.228 e. The van der Waals surface area contributed by atoms with Gasteiger partial charge in [0.1, 0.15) is 5.76 Å². The topological polar surface area (TPSA) is 69.7 Å². The second kappa shape index (κ2) is 10.7. The van der Waals surface area contributed by atoms with Crippen molar-refractivity contribution >= 4 is 5.91 Å². The summed E-state index contributed by atoms with van der Waals surface area (Å²) in [7, 11) is 1.62. The smallest absolute Gasteiger partial charge is 0.228 e. The van der Waals surface area contributed by atoms with Crippen LogP contribution in [0.2, 0.25) is 0 Å². The summed E-state index contributed by atoms with van der Waals surface area (Å²) in [5.41, 5.74) is 2.52. The average molecular weight is 486 g/mol. The van der Waals surface area contributed by atoms with Crippen molar-refractivity contribution in [2.75, 3.05) is 7.11 Å². The first-order valence-electron chi connectivity index (χ1n) is 12.4. The van der Waals surface area contributed by atoms with Gasteiger partial charge in [-0.25, -0.2) is 4.68 Å². The van der Waals surface area contributed by atoms with Crippen LogP contribution in [0.3, 0.4) is 0 Å². The first-order chi connectivity index (χ1) is 17.6. The highest BCUT2D eigenvalue weighted by Crippen LogP contribution is 2.37. The number of aromatic nitrogens is 2. The Morgan fingerprint density at radius 3 is 2.42 bits per heavy atom. The van der Waals surface area contributed by atoms with E-state index < -0.39 is 0 Å². The Morgan fingerprint density at radius 1 is 1.00 bits per heavy atom. The minimum absolute atomic E-state index is 0.0445. The highest BCUT2D eigenvalue weighted by Gasteiger charge is 2.30. The van der Waals surface area contributed by atoms with Gasteiger partial charge in [-0.15, -0.1) is 0 Å². The zero-order valence-electron chi connectivity index (χ0n) is 20.7. The molecule has 0 atom stereocenters. The first-order valence-corrected chi connectivity index (χ1v) is 12.4. The molecule has 0 aliphatic heterocycles. The van der Waals surface area contributed by atoms with E-state index >= 15 is 0 Å². The number of aryl methyl sites for hydroxylation is 1. The lowest BCUT2D eigenvalue weighted by atomic mass is 10.1. The fraction of sp³-hybridized carbons (Fsp3) is 0.310. The quantitative estimate of drug-likeness (QED) is 0.278. The van der Waals surface area contributed by atoms with Gasteiger partial charge in [0.25, 0.3) is 0 Å². The molecule has 7 nitrogen and oxygen atoms in total. The molecule has 7 heteroatoms. The molecule has 1 aliphatic rings. The average Bonchev–Trinajstić information content (AvgIpc) is 3.68. The molecule has 1 amide bonds. The zero-order chi connectivity index (χ0) is 24.9. The highest BCUT2D eigenvalue weighted by molar-refractivity contribution is 5.79. The number of furan rings is 1. The van der Waals surface area contributed by atoms with Gasteiger partial charge in [0, 0.05) is 5.92 Å². The standard InChI is InChI=1S/C29H31N3O4/c1-21-25(20-31(19-24-15-10-18-35-24)28(33)22-11-6-7-12-22)29(32(30-21)23-13-4-3-5-14-23)36-27-17-9-8-16-26(27)34-2/h3-5,8-10,13-18,22H,6-7,11-12,19-20H2,1-2H3. The van der Waals surface area contributed by atoms with Gasteiger partial charge < -0.3 is 18.8 Å². The predicted molar refractivity (Wildman–Crippen MR) is 136 cm³/mol. The van der Waals surface area contributed by atoms with Crippen molar-refractivity contribution < 1.29 is 18.7 Å². The number of methoxy groups -OCH3 is 1. The molecular weight excluding hydrogens is 454 g/mol. The van der Waals surface area contributed by atoms with Crippen LogP contribution in [0.15, 0.2) is 77.4 Å². The van der Waals surface area contributed by atoms with Crippen molar-refractivity contribution in [3.63, 3.8) is 0 Å². The summed E-state index contributed by atoms with van der Waals surface area (Å²) in [4.78, 5) is 15.5. The normalized spacial score (nSPS) is 13.6. The molecule has 2 aromatic carbocycles. The van der Waals surface area contributed by atoms with E-state index in [-0.39, 0.29) is 11.8 Å². The molecule has 2 aromatic heterocycles. The van der Waals surface area contributed by atoms with E-state index in [9.17, 15) is 4.79 Å². The van der Waals surface area contributed by atoms with Gasteiger partial charge in [-0.1, -0.05) is 43.2 Å². The van der Waals surface area contributed by atoms with Crippen LogP contribution >= 0.6 is 0 Å². The van der Waals surface area contributed by atoms with Gasteiger partial charge in [0.2, 0.25) is 11.8 Å². The number of carbonyl (C=O) groups excluding carboxylic acids is 1. The Balaban J connectivity index is 1.56. The lowest BCUT2D eigenvalue weighted by Gasteiger charge is -2.25. The number of rotatable bonds is 9. The van der Waals surface area contributed by atoms with Crippen LogP contribution in [0.25, 0.3) is 5.69 Å². The van der Waals surface area contributed by atoms with E-state index in [0.29, 0.717) is 30.5 Å². The van der Waals surface area contributed by atoms with E-state index in [0.717, 1.165) is 48.4 Å². The predicted octanol–water partition coefficient (Wildman–Crippen LogP) is 6.29. The number of nitrogens with zero attached hydrogens (tertiary/aromatic N) is 3. The van der Waals surface area contributed by atoms with E-state index in [1.54, 1.807) is 18.1 Å². The molecule has 4 aromatic rings. The van der Waals surface area contributed by atoms with Crippen LogP contribution in [0.1, 0.15) is 42.7 Å². The Hall–Kier alpha value is -4.00. The molecule has 5 rings (SSSR count). The van der Waals surface area contributed by atoms with Gasteiger partial charge in [-0.05, 0) is 56.2 Å². The lowest BCUT2D eigenvalue weighted by molar-refractivity contribution is -0.136. The number of hydrogen-bond acceptors (Lipinski definition) is 5. The summed E-state index contributed by atoms with van der Waals surface area (Å²) in [5.74, 6) is 2.71. The molecule has 0 saturated heterocycles. The van der Waals surface area contributed by atoms with Gasteiger partial charge in [-0.3, -0.25) is 4.79 Å². The van der Waals surface area contributed by atoms with Crippen molar-refractivity contribution in [1.82, 2.24) is 14.7 Å². The molecule has 186 valence electrons. The fourth-order valence-corrected chi connectivity index (χ4v) is 4.80. The number of para-hydroxylation sites is 3. The number of hydrogen-bond donors (Lipinski definition) is 0. The van der Waals surface area contributed by atoms with E-state index in [1.165, 1.54) is 0 Å². The minimum atomic E-state index is 0.0445. The Kier molecular flexibility index (Phi) is 7.07. The second-order valence-electron chi connectivity index (χ2n) is 9.12. The molecule has 2 heterocycles. The van der Waals surface area contributed by atoms with Gasteiger partial charge in [0.15, 0.2) is 11.5 Å². The van der Waals surface area contributed by atoms with E-state index in [1.807, 2.05) is 78.6 Å². The van der Waals surface area contributed by atoms with Crippen LogP contribution in [0.5, 0.6) is 17.4 Å². The Morgan fingerprint density at radius 2 is 1.72 bits per heavy atom. The molecule has 0 bridgehead atoms. The zero-order valence-corrected chi connectivity index (χ0v) is 20.7. The van der Waals surface area contributed by atoms with Gasteiger partial charge in [0.05, 0.1) is 43.4 Å². The molecular formula is C29H31N3O4. The molecule has 1 fully saturated rings. The minimum Gasteiger partial charge on any atom is -0.493 e. The van der Waals surface area contributed by atoms with Crippen molar-refractivity contribution in [1.29, 1.82) is 0 Å². The summed E-state index contributed by atoms with van der Waals surface area (Å²) in [5, 5.41) is 4.83. The van der Waals surface area contributed by atoms with Crippen LogP contribution in [-0.4, -0.2) is 27.7 Å². The number of ether oxygens (including phenoxy) is 2. The lowest BCUT2D eigenvalue weighted by Crippen LogP contribution is -2.34. The van der Waals surface area contributed by atoms with Crippen molar-refractivity contribution in [3.8, 4) is 23.1 Å². The summed E-state index contributed by atoms with van der Waals surface area (Å²) in [6, 6.07) is 21.1. The molecule has 36 heavy (non-hydrogen) atoms. The summed E-state index contributed by atoms with van der Waals surface area (Å²) < 4.78 is 19.4. The Labute approximate surface area is 211 Å². The summed E-state index contributed by atoms with van der Waals surface area (Å²) in [6.07, 6.45) is 5.69. The molecule has 0 unspecified atom stereocenters. The first kappa shape index (κ1) is 23.7. The van der Waals surface area contributed by atoms with Crippen molar-refractivity contribution in [2.45, 2.75) is 45.7 Å². The van der Waals surface area contributed by atoms with Crippen LogP contribution < -0.4 is 9.47 Å². The van der Waals surface area contributed by atoms with Crippen LogP contribution in [-0.2, 0) is 17.9 Å². The highest BCUT2D eigenvalue weighted by atomic mass is 16.5. The van der Waals surface area contributed by atoms with Crippen LogP contribution in [0, 0.1) is 12.8 Å². The van der Waals surface area contributed by atoms with Crippen molar-refractivity contribution in [3.05, 3.63) is 90.0 Å². The Bertz CT molecular complexity index is 1290. The number of benzene rings is 2. The third-order valence-corrected chi connectivity index (χ3v) is 6.71. The molecule has 0 spiro atoms. The van der Waals surface area contributed by atoms with E-state index in [4.69, 9.17) is 19.0 Å². The number of carbonyl (C=O) groups is 1. The second-order valence-corrected chi connectivity index (χ2v) is 9.12. The van der Waals surface area contributed by atoms with Crippen LogP contribution in [0.4, 0.5) is 0 Å². The fourth-order valence-electron chi connectivity index (χ4n) is 4.80. The summed E-state index contributed by atoms with van der Waals surface area (Å²) >= 11 is 0. The summed E-state index contributed by atoms with van der Waals surface area (Å²) in [6.45, 7) is 2.71. The number of amides is 1. The van der Waals surface area contributed by atoms with E-state index in [2.05, 4.69) is 0 Å². The van der Waals surface area contributed by atoms with Gasteiger partial charge in [-0.2, -0.15) is 5.10 Å². The SMILES string of the molecule is COc1ccccc1Oc1c(CN(Cc2ccco2)C(=O)C2CCCC2)c(C)nn1-c1ccccc1. The molecule has 1 saturated carbocycles. The largest absolute Gasteiger partial charge is 0.493 e. The van der Waals surface area contributed by atoms with Gasteiger partial charge >= 0.3 is 0 Å². The van der Waals surface area contributed by atoms with Crippen molar-refractivity contribution in [2.24, 2.45) is 5.92 Å². The maximum absolute atomic E-state index is 13.6. The third-order valence-electron chi connectivity index (χ3n) is 6.71.